The fraction of sp³-hybridized carbons (Fsp3) is 0.355. The van der Waals surface area contributed by atoms with Gasteiger partial charge >= 0.3 is 11.7 Å². The molecule has 0 saturated carbocycles. The van der Waals surface area contributed by atoms with Gasteiger partial charge in [0, 0.05) is 25.6 Å². The second-order valence-electron chi connectivity index (χ2n) is 9.75. The summed E-state index contributed by atoms with van der Waals surface area (Å²) in [6, 6.07) is 7.19. The molecule has 5 N–H and O–H groups in total. The number of nitrogens with zero attached hydrogens (tertiary/aromatic N) is 2. The third-order valence-corrected chi connectivity index (χ3v) is 6.98. The number of hydrogen-bond acceptors (Lipinski definition) is 7. The minimum Gasteiger partial charge on any atom is -0.507 e. The van der Waals surface area contributed by atoms with Crippen LogP contribution in [-0.2, 0) is 29.6 Å². The van der Waals surface area contributed by atoms with Gasteiger partial charge < -0.3 is 26.0 Å². The van der Waals surface area contributed by atoms with Crippen molar-refractivity contribution in [1.82, 2.24) is 19.8 Å². The van der Waals surface area contributed by atoms with Crippen LogP contribution in [0.15, 0.2) is 69.5 Å². The number of allylic oxidation sites excluding steroid dienone is 2. The van der Waals surface area contributed by atoms with Crippen molar-refractivity contribution in [2.24, 2.45) is 7.05 Å². The molecule has 2 unspecified atom stereocenters. The number of rotatable bonds is 9. The molecule has 1 aliphatic rings. The number of hydrogen-bond donors (Lipinski definition) is 5. The Morgan fingerprint density at radius 2 is 1.81 bits per heavy atom. The van der Waals surface area contributed by atoms with E-state index >= 15 is 0 Å². The Balaban J connectivity index is 0.00000248. The first-order chi connectivity index (χ1) is 20.5. The number of benzene rings is 2. The van der Waals surface area contributed by atoms with Crippen molar-refractivity contribution in [3.63, 3.8) is 0 Å². The number of fused-ring (bicyclic) bond motifs is 1. The first-order valence-corrected chi connectivity index (χ1v) is 14.1. The summed E-state index contributed by atoms with van der Waals surface area (Å²) in [4.78, 5) is 51.1. The molecular formula is C31H37FN4O7. The summed E-state index contributed by atoms with van der Waals surface area (Å²) in [6.45, 7) is 6.69. The highest BCUT2D eigenvalue weighted by Gasteiger charge is 2.28. The van der Waals surface area contributed by atoms with E-state index in [4.69, 9.17) is 0 Å². The van der Waals surface area contributed by atoms with E-state index in [0.29, 0.717) is 18.5 Å². The molecule has 2 atom stereocenters. The summed E-state index contributed by atoms with van der Waals surface area (Å²) in [7, 11) is 1.44. The Morgan fingerprint density at radius 1 is 1.14 bits per heavy atom. The molecular weight excluding hydrogens is 559 g/mol. The maximum atomic E-state index is 14.6. The summed E-state index contributed by atoms with van der Waals surface area (Å²) in [5.41, 5.74) is -0.487. The summed E-state index contributed by atoms with van der Waals surface area (Å²) >= 11 is 0. The molecule has 11 nitrogen and oxygen atoms in total. The van der Waals surface area contributed by atoms with Gasteiger partial charge in [-0.25, -0.2) is 18.5 Å². The Bertz CT molecular complexity index is 1670. The second-order valence-corrected chi connectivity index (χ2v) is 9.75. The van der Waals surface area contributed by atoms with Crippen molar-refractivity contribution >= 4 is 22.8 Å². The molecule has 0 fully saturated rings. The van der Waals surface area contributed by atoms with Crippen LogP contribution in [0.25, 0.3) is 16.6 Å². The van der Waals surface area contributed by atoms with Crippen molar-refractivity contribution in [2.75, 3.05) is 6.54 Å². The molecule has 0 bridgehead atoms. The lowest BCUT2D eigenvalue weighted by Gasteiger charge is -2.19. The van der Waals surface area contributed by atoms with Gasteiger partial charge in [0.05, 0.1) is 28.3 Å². The van der Waals surface area contributed by atoms with Crippen molar-refractivity contribution in [2.45, 2.75) is 58.7 Å². The SMILES string of the molecule is CC.CCNCc1cc2c(=O)n(-c3ccc(CC(NC(=O)C4=C(O)C=CCCC4O)C(=O)O)cc3)c(=O)n(C)c2cc1F. The fourth-order valence-corrected chi connectivity index (χ4v) is 4.71. The molecule has 0 spiro atoms. The van der Waals surface area contributed by atoms with E-state index in [1.54, 1.807) is 6.08 Å². The number of aromatic nitrogens is 2. The van der Waals surface area contributed by atoms with Gasteiger partial charge in [-0.3, -0.25) is 14.2 Å². The quantitative estimate of drug-likeness (QED) is 0.252. The highest BCUT2D eigenvalue weighted by molar-refractivity contribution is 5.97. The first kappa shape index (κ1) is 33.0. The number of nitrogens with one attached hydrogen (secondary N) is 2. The molecule has 43 heavy (non-hydrogen) atoms. The molecule has 230 valence electrons. The molecule has 3 aromatic rings. The molecule has 1 heterocycles. The number of aliphatic hydroxyl groups excluding tert-OH is 2. The van der Waals surface area contributed by atoms with Gasteiger partial charge in [-0.1, -0.05) is 39.0 Å². The molecule has 1 aliphatic carbocycles. The maximum Gasteiger partial charge on any atom is 0.335 e. The smallest absolute Gasteiger partial charge is 0.335 e. The second kappa shape index (κ2) is 14.6. The van der Waals surface area contributed by atoms with Gasteiger partial charge in [0.1, 0.15) is 17.6 Å². The molecule has 2 aromatic carbocycles. The van der Waals surface area contributed by atoms with Crippen LogP contribution in [0.2, 0.25) is 0 Å². The molecule has 1 aromatic heterocycles. The van der Waals surface area contributed by atoms with E-state index in [1.807, 2.05) is 20.8 Å². The van der Waals surface area contributed by atoms with Crippen LogP contribution in [0.4, 0.5) is 4.39 Å². The van der Waals surface area contributed by atoms with E-state index < -0.39 is 46.8 Å². The van der Waals surface area contributed by atoms with Crippen LogP contribution in [0.5, 0.6) is 0 Å². The minimum absolute atomic E-state index is 0.154. The van der Waals surface area contributed by atoms with Crippen molar-refractivity contribution in [3.05, 3.63) is 97.7 Å². The number of aliphatic carboxylic acids is 1. The molecule has 0 radical (unpaired) electrons. The zero-order valence-corrected chi connectivity index (χ0v) is 24.6. The summed E-state index contributed by atoms with van der Waals surface area (Å²) in [6.07, 6.45) is 2.12. The predicted octanol–water partition coefficient (Wildman–Crippen LogP) is 2.60. The van der Waals surface area contributed by atoms with Crippen LogP contribution in [0.3, 0.4) is 0 Å². The molecule has 12 heteroatoms. The third-order valence-electron chi connectivity index (χ3n) is 6.98. The van der Waals surface area contributed by atoms with Crippen molar-refractivity contribution in [3.8, 4) is 5.69 Å². The molecule has 4 rings (SSSR count). The Morgan fingerprint density at radius 3 is 2.44 bits per heavy atom. The van der Waals surface area contributed by atoms with E-state index in [-0.39, 0.29) is 47.1 Å². The lowest BCUT2D eigenvalue weighted by Crippen LogP contribution is -2.44. The van der Waals surface area contributed by atoms with Gasteiger partial charge in [-0.2, -0.15) is 0 Å². The average Bonchev–Trinajstić information content (AvgIpc) is 3.16. The van der Waals surface area contributed by atoms with Crippen molar-refractivity contribution < 1.29 is 29.3 Å². The fourth-order valence-electron chi connectivity index (χ4n) is 4.71. The summed E-state index contributed by atoms with van der Waals surface area (Å²) in [5.74, 6) is -3.20. The number of amides is 1. The van der Waals surface area contributed by atoms with Gasteiger partial charge in [-0.05, 0) is 55.3 Å². The van der Waals surface area contributed by atoms with E-state index in [2.05, 4.69) is 10.6 Å². The Labute approximate surface area is 247 Å². The lowest BCUT2D eigenvalue weighted by molar-refractivity contribution is -0.141. The maximum absolute atomic E-state index is 14.6. The zero-order valence-electron chi connectivity index (χ0n) is 24.6. The molecule has 0 saturated heterocycles. The number of aryl methyl sites for hydroxylation is 1. The highest BCUT2D eigenvalue weighted by atomic mass is 19.1. The van der Waals surface area contributed by atoms with Crippen LogP contribution in [0, 0.1) is 5.82 Å². The van der Waals surface area contributed by atoms with Gasteiger partial charge in [0.15, 0.2) is 0 Å². The number of carbonyl (C=O) groups is 2. The van der Waals surface area contributed by atoms with Crippen LogP contribution in [-0.4, -0.2) is 55.0 Å². The monoisotopic (exact) mass is 596 g/mol. The topological polar surface area (TPSA) is 163 Å². The van der Waals surface area contributed by atoms with E-state index in [0.717, 1.165) is 4.57 Å². The van der Waals surface area contributed by atoms with E-state index in [1.165, 1.54) is 54.1 Å². The standard InChI is InChI=1S/C29H31FN4O7.C2H6/c1-3-31-15-17-13-19-22(14-20(17)30)33(2)29(41)34(27(19)38)18-10-8-16(9-11-18)12-21(28(39)40)32-26(37)25-23(35)6-4-5-7-24(25)36;1-2/h4,6,8-11,13-14,21,24,31,35-36H,3,5,7,12,15H2,1-2H3,(H,32,37)(H,39,40);1-2H3. The van der Waals surface area contributed by atoms with Crippen LogP contribution >= 0.6 is 0 Å². The predicted molar refractivity (Wildman–Crippen MR) is 161 cm³/mol. The summed E-state index contributed by atoms with van der Waals surface area (Å²) < 4.78 is 16.7. The zero-order chi connectivity index (χ0) is 31.8. The first-order valence-electron chi connectivity index (χ1n) is 14.1. The molecule has 1 amide bonds. The summed E-state index contributed by atoms with van der Waals surface area (Å²) in [5, 5.41) is 35.6. The number of aliphatic hydroxyl groups is 2. The number of halogens is 1. The lowest BCUT2D eigenvalue weighted by atomic mass is 10.0. The number of carbonyl (C=O) groups excluding carboxylic acids is 1. The molecule has 0 aliphatic heterocycles. The Hall–Kier alpha value is -4.55. The normalized spacial score (nSPS) is 15.4. The van der Waals surface area contributed by atoms with Gasteiger partial charge in [-0.15, -0.1) is 0 Å². The highest BCUT2D eigenvalue weighted by Crippen LogP contribution is 2.20. The number of carboxylic acids is 1. The average molecular weight is 597 g/mol. The minimum atomic E-state index is -1.39. The van der Waals surface area contributed by atoms with Gasteiger partial charge in [0.2, 0.25) is 0 Å². The van der Waals surface area contributed by atoms with Crippen LogP contribution < -0.4 is 21.9 Å². The van der Waals surface area contributed by atoms with E-state index in [9.17, 15) is 38.9 Å². The largest absolute Gasteiger partial charge is 0.507 e. The number of carboxylic acid groups (broad SMARTS) is 1. The van der Waals surface area contributed by atoms with Gasteiger partial charge in [0.25, 0.3) is 11.5 Å². The third kappa shape index (κ3) is 7.27. The van der Waals surface area contributed by atoms with Crippen molar-refractivity contribution in [1.29, 1.82) is 0 Å². The Kier molecular flexibility index (Phi) is 11.2. The van der Waals surface area contributed by atoms with Crippen LogP contribution in [0.1, 0.15) is 44.7 Å².